The second kappa shape index (κ2) is 4.42. The second-order valence-electron chi connectivity index (χ2n) is 3.88. The molecule has 8 heteroatoms. The van der Waals surface area contributed by atoms with Gasteiger partial charge in [-0.05, 0) is 10.4 Å². The number of tetrazole rings is 1. The van der Waals surface area contributed by atoms with Gasteiger partial charge in [-0.3, -0.25) is 0 Å². The van der Waals surface area contributed by atoms with E-state index < -0.39 is 24.5 Å². The third-order valence-electron chi connectivity index (χ3n) is 2.84. The van der Waals surface area contributed by atoms with Gasteiger partial charge in [-0.25, -0.2) is 4.68 Å². The van der Waals surface area contributed by atoms with Crippen LogP contribution in [0.15, 0.2) is 6.33 Å². The summed E-state index contributed by atoms with van der Waals surface area (Å²) >= 11 is 0. The van der Waals surface area contributed by atoms with E-state index in [1.54, 1.807) is 6.92 Å². The van der Waals surface area contributed by atoms with Crippen molar-refractivity contribution in [2.45, 2.75) is 31.5 Å². The Labute approximate surface area is 91.5 Å². The third-order valence-corrected chi connectivity index (χ3v) is 2.84. The third kappa shape index (κ3) is 1.80. The molecule has 2 rings (SSSR count). The Morgan fingerprint density at radius 2 is 2.12 bits per heavy atom. The summed E-state index contributed by atoms with van der Waals surface area (Å²) in [4.78, 5) is 0. The zero-order valence-electron chi connectivity index (χ0n) is 8.71. The van der Waals surface area contributed by atoms with Crippen molar-refractivity contribution in [3.05, 3.63) is 6.33 Å². The molecule has 0 amide bonds. The van der Waals surface area contributed by atoms with Gasteiger partial charge < -0.3 is 20.1 Å². The van der Waals surface area contributed by atoms with Gasteiger partial charge in [0.15, 0.2) is 6.23 Å². The van der Waals surface area contributed by atoms with E-state index in [2.05, 4.69) is 15.5 Å². The highest BCUT2D eigenvalue weighted by molar-refractivity contribution is 4.87. The van der Waals surface area contributed by atoms with Crippen molar-refractivity contribution in [2.24, 2.45) is 5.92 Å². The average molecular weight is 230 g/mol. The Morgan fingerprint density at radius 1 is 1.38 bits per heavy atom. The first kappa shape index (κ1) is 11.4. The van der Waals surface area contributed by atoms with Gasteiger partial charge in [0.25, 0.3) is 0 Å². The van der Waals surface area contributed by atoms with Crippen LogP contribution in [-0.4, -0.2) is 60.4 Å². The van der Waals surface area contributed by atoms with Gasteiger partial charge in [0.05, 0.1) is 12.7 Å². The molecule has 5 atom stereocenters. The van der Waals surface area contributed by atoms with E-state index in [1.165, 1.54) is 11.0 Å². The lowest BCUT2D eigenvalue weighted by atomic mass is 9.91. The minimum absolute atomic E-state index is 0.371. The number of aromatic nitrogens is 4. The Bertz CT molecular complexity index is 331. The fourth-order valence-corrected chi connectivity index (χ4v) is 1.82. The average Bonchev–Trinajstić information content (AvgIpc) is 2.80. The van der Waals surface area contributed by atoms with Crippen molar-refractivity contribution >= 4 is 0 Å². The van der Waals surface area contributed by atoms with Crippen LogP contribution in [0.2, 0.25) is 0 Å². The molecule has 3 N–H and O–H groups in total. The lowest BCUT2D eigenvalue weighted by Crippen LogP contribution is -2.53. The number of aliphatic hydroxyl groups is 3. The number of hydrogen-bond donors (Lipinski definition) is 3. The van der Waals surface area contributed by atoms with Crippen LogP contribution in [0.4, 0.5) is 0 Å². The van der Waals surface area contributed by atoms with Gasteiger partial charge in [-0.15, -0.1) is 5.10 Å². The minimum atomic E-state index is -1.10. The Hall–Kier alpha value is -1.09. The molecule has 1 aromatic heterocycles. The highest BCUT2D eigenvalue weighted by Crippen LogP contribution is 2.31. The topological polar surface area (TPSA) is 114 Å². The van der Waals surface area contributed by atoms with Crippen LogP contribution in [0, 0.1) is 5.92 Å². The quantitative estimate of drug-likeness (QED) is 0.534. The zero-order chi connectivity index (χ0) is 11.7. The SMILES string of the molecule is C[C@@H]1C(n2cnnn2)O[C@H](CO)[C@H](O)[C@@H]1O. The van der Waals surface area contributed by atoms with Crippen molar-refractivity contribution < 1.29 is 20.1 Å². The standard InChI is InChI=1S/C8H14N4O4/c1-4-6(14)7(15)5(2-13)16-8(4)12-3-9-10-11-12/h3-8,13-15H,2H2,1H3/t4-,5+,6+,7-,8?/m0/s1. The van der Waals surface area contributed by atoms with Crippen LogP contribution < -0.4 is 0 Å². The van der Waals surface area contributed by atoms with E-state index in [0.717, 1.165) is 0 Å². The summed E-state index contributed by atoms with van der Waals surface area (Å²) in [5.74, 6) is -0.374. The van der Waals surface area contributed by atoms with E-state index >= 15 is 0 Å². The molecule has 90 valence electrons. The molecular formula is C8H14N4O4. The van der Waals surface area contributed by atoms with E-state index in [9.17, 15) is 10.2 Å². The summed E-state index contributed by atoms with van der Waals surface area (Å²) in [5, 5.41) is 39.1. The molecule has 1 fully saturated rings. The molecule has 1 unspecified atom stereocenters. The summed E-state index contributed by atoms with van der Waals surface area (Å²) in [6.45, 7) is 1.34. The number of nitrogens with zero attached hydrogens (tertiary/aromatic N) is 4. The molecule has 0 aliphatic carbocycles. The van der Waals surface area contributed by atoms with Crippen molar-refractivity contribution in [1.82, 2.24) is 20.2 Å². The lowest BCUT2D eigenvalue weighted by molar-refractivity contribution is -0.231. The highest BCUT2D eigenvalue weighted by Gasteiger charge is 2.43. The largest absolute Gasteiger partial charge is 0.394 e. The van der Waals surface area contributed by atoms with Gasteiger partial charge in [-0.1, -0.05) is 6.92 Å². The lowest BCUT2D eigenvalue weighted by Gasteiger charge is -2.40. The van der Waals surface area contributed by atoms with Crippen molar-refractivity contribution in [3.8, 4) is 0 Å². The Morgan fingerprint density at radius 3 is 2.69 bits per heavy atom. The normalized spacial score (nSPS) is 39.9. The van der Waals surface area contributed by atoms with Crippen LogP contribution in [0.25, 0.3) is 0 Å². The number of ether oxygens (including phenoxy) is 1. The highest BCUT2D eigenvalue weighted by atomic mass is 16.5. The van der Waals surface area contributed by atoms with E-state index in [4.69, 9.17) is 9.84 Å². The second-order valence-corrected chi connectivity index (χ2v) is 3.88. The summed E-state index contributed by atoms with van der Waals surface area (Å²) < 4.78 is 6.78. The molecule has 1 aliphatic heterocycles. The zero-order valence-corrected chi connectivity index (χ0v) is 8.71. The van der Waals surface area contributed by atoms with Gasteiger partial charge in [0.2, 0.25) is 0 Å². The van der Waals surface area contributed by atoms with Crippen molar-refractivity contribution in [2.75, 3.05) is 6.61 Å². The van der Waals surface area contributed by atoms with Crippen molar-refractivity contribution in [3.63, 3.8) is 0 Å². The van der Waals surface area contributed by atoms with Crippen LogP contribution >= 0.6 is 0 Å². The van der Waals surface area contributed by atoms with E-state index in [-0.39, 0.29) is 12.5 Å². The van der Waals surface area contributed by atoms with Gasteiger partial charge in [0.1, 0.15) is 18.5 Å². The molecule has 0 spiro atoms. The Kier molecular flexibility index (Phi) is 3.15. The fraction of sp³-hybridized carbons (Fsp3) is 0.875. The molecule has 8 nitrogen and oxygen atoms in total. The van der Waals surface area contributed by atoms with E-state index in [0.29, 0.717) is 0 Å². The predicted molar refractivity (Wildman–Crippen MR) is 50.0 cm³/mol. The summed E-state index contributed by atoms with van der Waals surface area (Å²) in [7, 11) is 0. The maximum absolute atomic E-state index is 9.79. The van der Waals surface area contributed by atoms with Crippen molar-refractivity contribution in [1.29, 1.82) is 0 Å². The van der Waals surface area contributed by atoms with Crippen LogP contribution in [-0.2, 0) is 4.74 Å². The van der Waals surface area contributed by atoms with Gasteiger partial charge in [0, 0.05) is 5.92 Å². The molecule has 1 aromatic rings. The van der Waals surface area contributed by atoms with Gasteiger partial charge in [-0.2, -0.15) is 0 Å². The smallest absolute Gasteiger partial charge is 0.159 e. The first-order valence-electron chi connectivity index (χ1n) is 5.00. The molecular weight excluding hydrogens is 216 g/mol. The molecule has 16 heavy (non-hydrogen) atoms. The number of hydrogen-bond acceptors (Lipinski definition) is 7. The maximum atomic E-state index is 9.79. The first-order valence-corrected chi connectivity index (χ1v) is 5.00. The van der Waals surface area contributed by atoms with Crippen LogP contribution in [0.1, 0.15) is 13.2 Å². The van der Waals surface area contributed by atoms with E-state index in [1.807, 2.05) is 0 Å². The predicted octanol–water partition coefficient (Wildman–Crippen LogP) is -2.08. The molecule has 0 radical (unpaired) electrons. The molecule has 0 bridgehead atoms. The monoisotopic (exact) mass is 230 g/mol. The van der Waals surface area contributed by atoms with Gasteiger partial charge >= 0.3 is 0 Å². The molecule has 2 heterocycles. The molecule has 0 saturated carbocycles. The minimum Gasteiger partial charge on any atom is -0.394 e. The van der Waals surface area contributed by atoms with Crippen LogP contribution in [0.5, 0.6) is 0 Å². The fourth-order valence-electron chi connectivity index (χ4n) is 1.82. The summed E-state index contributed by atoms with van der Waals surface area (Å²) in [6, 6.07) is 0. The number of rotatable bonds is 2. The Balaban J connectivity index is 2.20. The number of aliphatic hydroxyl groups excluding tert-OH is 3. The molecule has 1 aliphatic rings. The van der Waals surface area contributed by atoms with Crippen LogP contribution in [0.3, 0.4) is 0 Å². The summed E-state index contributed by atoms with van der Waals surface area (Å²) in [5.41, 5.74) is 0. The molecule has 0 aromatic carbocycles. The first-order chi connectivity index (χ1) is 7.65. The molecule has 1 saturated heterocycles. The summed E-state index contributed by atoms with van der Waals surface area (Å²) in [6.07, 6.45) is -2.15. The maximum Gasteiger partial charge on any atom is 0.159 e.